The van der Waals surface area contributed by atoms with Gasteiger partial charge in [0.25, 0.3) is 0 Å². The molecule has 4 N–H and O–H groups in total. The van der Waals surface area contributed by atoms with Crippen LogP contribution in [0.25, 0.3) is 5.69 Å². The first-order valence-electron chi connectivity index (χ1n) is 9.89. The third kappa shape index (κ3) is 4.84. The van der Waals surface area contributed by atoms with Crippen LogP contribution in [-0.2, 0) is 0 Å². The Kier molecular flexibility index (Phi) is 6.69. The minimum atomic E-state index is -0.956. The molecule has 0 spiro atoms. The molecule has 8 heteroatoms. The topological polar surface area (TPSA) is 89.6 Å². The van der Waals surface area contributed by atoms with Crippen molar-refractivity contribution in [3.63, 3.8) is 0 Å². The van der Waals surface area contributed by atoms with Gasteiger partial charge in [-0.2, -0.15) is 10.3 Å². The summed E-state index contributed by atoms with van der Waals surface area (Å²) >= 11 is 5.39. The number of para-hydroxylation sites is 2. The molecule has 7 nitrogen and oxygen atoms in total. The van der Waals surface area contributed by atoms with Crippen LogP contribution in [0.4, 0.5) is 5.69 Å². The second-order valence-electron chi connectivity index (χ2n) is 7.90. The highest BCUT2D eigenvalue weighted by atomic mass is 32.1. The summed E-state index contributed by atoms with van der Waals surface area (Å²) in [5.74, 6) is 0.748. The first-order valence-corrected chi connectivity index (χ1v) is 10.3. The molecule has 3 unspecified atom stereocenters. The van der Waals surface area contributed by atoms with E-state index in [1.165, 1.54) is 0 Å². The fourth-order valence-electron chi connectivity index (χ4n) is 3.80. The first kappa shape index (κ1) is 21.4. The van der Waals surface area contributed by atoms with Gasteiger partial charge in [0.1, 0.15) is 5.69 Å². The number of aryl methyl sites for hydroxylation is 1. The lowest BCUT2D eigenvalue weighted by Gasteiger charge is -2.18. The Labute approximate surface area is 176 Å². The van der Waals surface area contributed by atoms with E-state index in [0.717, 1.165) is 29.9 Å². The van der Waals surface area contributed by atoms with Gasteiger partial charge >= 0.3 is 0 Å². The molecule has 1 heterocycles. The van der Waals surface area contributed by atoms with Crippen molar-refractivity contribution in [2.45, 2.75) is 46.1 Å². The Hall–Kier alpha value is -2.26. The summed E-state index contributed by atoms with van der Waals surface area (Å²) in [5, 5.41) is 32.1. The Balaban J connectivity index is 1.77. The largest absolute Gasteiger partial charge is 0.595 e. The Morgan fingerprint density at radius 1 is 1.34 bits per heavy atom. The summed E-state index contributed by atoms with van der Waals surface area (Å²) < 4.78 is 1.75. The molecule has 1 aromatic heterocycles. The summed E-state index contributed by atoms with van der Waals surface area (Å²) in [7, 11) is 0. The third-order valence-corrected chi connectivity index (χ3v) is 5.41. The fraction of sp³-hybridized carbons (Fsp3) is 0.429. The maximum Gasteiger partial charge on any atom is 0.189 e. The number of benzene rings is 1. The van der Waals surface area contributed by atoms with Crippen LogP contribution in [0.15, 0.2) is 36.4 Å². The minimum Gasteiger partial charge on any atom is -0.595 e. The lowest BCUT2D eigenvalue weighted by atomic mass is 9.96. The molecule has 0 saturated heterocycles. The van der Waals surface area contributed by atoms with Gasteiger partial charge in [-0.05, 0) is 44.5 Å². The minimum absolute atomic E-state index is 0.167. The SMILES string of the molecule is Cc1nn(-c2ccccc2[NH+]([O-])O)c(C)c1C1C=CC(NC(=S)NCC(C)C)C1. The van der Waals surface area contributed by atoms with Crippen LogP contribution in [-0.4, -0.2) is 32.7 Å². The summed E-state index contributed by atoms with van der Waals surface area (Å²) in [6, 6.07) is 7.12. The second kappa shape index (κ2) is 9.04. The molecule has 0 saturated carbocycles. The quantitative estimate of drug-likeness (QED) is 0.329. The highest BCUT2D eigenvalue weighted by Crippen LogP contribution is 2.34. The van der Waals surface area contributed by atoms with Gasteiger partial charge in [0.05, 0.1) is 5.69 Å². The van der Waals surface area contributed by atoms with Crippen molar-refractivity contribution in [3.05, 3.63) is 58.6 Å². The molecule has 3 atom stereocenters. The van der Waals surface area contributed by atoms with Gasteiger partial charge in [-0.25, -0.2) is 9.89 Å². The summed E-state index contributed by atoms with van der Waals surface area (Å²) in [6.07, 6.45) is 5.22. The number of hydrogen-bond acceptors (Lipinski definition) is 4. The van der Waals surface area contributed by atoms with Crippen molar-refractivity contribution in [3.8, 4) is 5.69 Å². The zero-order chi connectivity index (χ0) is 21.1. The Morgan fingerprint density at radius 2 is 2.07 bits per heavy atom. The highest BCUT2D eigenvalue weighted by molar-refractivity contribution is 7.80. The number of thiocarbonyl (C=S) groups is 1. The molecule has 0 fully saturated rings. The molecule has 0 radical (unpaired) electrons. The van der Waals surface area contributed by atoms with E-state index in [9.17, 15) is 10.4 Å². The van der Waals surface area contributed by atoms with Crippen molar-refractivity contribution in [2.75, 3.05) is 6.54 Å². The molecule has 156 valence electrons. The van der Waals surface area contributed by atoms with Gasteiger partial charge in [0.2, 0.25) is 0 Å². The van der Waals surface area contributed by atoms with Gasteiger partial charge in [-0.3, -0.25) is 0 Å². The molecule has 1 aliphatic carbocycles. The van der Waals surface area contributed by atoms with E-state index in [1.54, 1.807) is 22.9 Å². The number of rotatable bonds is 6. The summed E-state index contributed by atoms with van der Waals surface area (Å²) in [5.41, 5.74) is 3.85. The first-order chi connectivity index (χ1) is 13.8. The van der Waals surface area contributed by atoms with Crippen LogP contribution in [0.3, 0.4) is 0 Å². The molecule has 3 rings (SSSR count). The average molecular weight is 416 g/mol. The predicted octanol–water partition coefficient (Wildman–Crippen LogP) is 2.42. The zero-order valence-corrected chi connectivity index (χ0v) is 18.1. The number of allylic oxidation sites excluding steroid dienone is 1. The van der Waals surface area contributed by atoms with Gasteiger partial charge in [-0.1, -0.05) is 38.1 Å². The van der Waals surface area contributed by atoms with Gasteiger partial charge < -0.3 is 15.8 Å². The van der Waals surface area contributed by atoms with E-state index in [1.807, 2.05) is 19.9 Å². The maximum absolute atomic E-state index is 11.6. The van der Waals surface area contributed by atoms with Crippen molar-refractivity contribution < 1.29 is 10.4 Å². The van der Waals surface area contributed by atoms with Crippen LogP contribution in [0.1, 0.15) is 43.1 Å². The van der Waals surface area contributed by atoms with Crippen LogP contribution in [0.5, 0.6) is 0 Å². The van der Waals surface area contributed by atoms with E-state index in [4.69, 9.17) is 12.2 Å². The number of hydrogen-bond donors (Lipinski definition) is 4. The Morgan fingerprint density at radius 3 is 2.76 bits per heavy atom. The van der Waals surface area contributed by atoms with Crippen LogP contribution in [0, 0.1) is 25.0 Å². The summed E-state index contributed by atoms with van der Waals surface area (Å²) in [4.78, 5) is 0. The molecule has 0 aliphatic heterocycles. The van der Waals surface area contributed by atoms with Crippen LogP contribution < -0.4 is 15.9 Å². The molecular weight excluding hydrogens is 386 g/mol. The fourth-order valence-corrected chi connectivity index (χ4v) is 4.04. The second-order valence-corrected chi connectivity index (χ2v) is 8.31. The van der Waals surface area contributed by atoms with Gasteiger partial charge in [0, 0.05) is 35.8 Å². The number of nitrogens with zero attached hydrogens (tertiary/aromatic N) is 2. The van der Waals surface area contributed by atoms with Crippen LogP contribution >= 0.6 is 12.2 Å². The van der Waals surface area contributed by atoms with Gasteiger partial charge in [0.15, 0.2) is 10.8 Å². The normalized spacial score (nSPS) is 19.6. The molecular formula is C21H29N5O2S. The molecule has 0 bridgehead atoms. The lowest BCUT2D eigenvalue weighted by molar-refractivity contribution is -0.991. The number of nitrogens with one attached hydrogen (secondary N) is 3. The van der Waals surface area contributed by atoms with Crippen LogP contribution in [0.2, 0.25) is 0 Å². The Bertz CT molecular complexity index is 906. The van der Waals surface area contributed by atoms with Crippen molar-refractivity contribution in [1.82, 2.24) is 20.4 Å². The average Bonchev–Trinajstić information content (AvgIpc) is 3.23. The molecule has 29 heavy (non-hydrogen) atoms. The predicted molar refractivity (Wildman–Crippen MR) is 118 cm³/mol. The monoisotopic (exact) mass is 415 g/mol. The van der Waals surface area contributed by atoms with Crippen molar-refractivity contribution in [1.29, 1.82) is 0 Å². The van der Waals surface area contributed by atoms with E-state index in [0.29, 0.717) is 16.7 Å². The number of aromatic nitrogens is 2. The molecule has 0 amide bonds. The zero-order valence-electron chi connectivity index (χ0n) is 17.3. The highest BCUT2D eigenvalue weighted by Gasteiger charge is 2.27. The molecule has 1 aliphatic rings. The smallest absolute Gasteiger partial charge is 0.189 e. The van der Waals surface area contributed by atoms with E-state index >= 15 is 0 Å². The van der Waals surface area contributed by atoms with Crippen molar-refractivity contribution in [2.24, 2.45) is 5.92 Å². The molecule has 1 aromatic carbocycles. The van der Waals surface area contributed by atoms with E-state index in [-0.39, 0.29) is 17.6 Å². The van der Waals surface area contributed by atoms with E-state index in [2.05, 4.69) is 41.7 Å². The number of quaternary nitrogens is 1. The third-order valence-electron chi connectivity index (χ3n) is 5.15. The lowest BCUT2D eigenvalue weighted by Crippen LogP contribution is -2.99. The van der Waals surface area contributed by atoms with E-state index < -0.39 is 5.23 Å². The molecule has 2 aromatic rings. The van der Waals surface area contributed by atoms with Crippen molar-refractivity contribution >= 4 is 23.0 Å². The van der Waals surface area contributed by atoms with Gasteiger partial charge in [-0.15, -0.1) is 0 Å². The maximum atomic E-state index is 11.6. The standard InChI is InChI=1S/C21H29N5O2S/c1-13(2)12-22-21(29)23-17-10-9-16(11-17)20-14(3)24-25(15(20)4)18-7-5-6-8-19(18)26(27)28/h5-10,13,16-17,26-27H,11-12H2,1-4H3,(H2,22,23,29). The summed E-state index contributed by atoms with van der Waals surface area (Å²) in [6.45, 7) is 9.11.